The van der Waals surface area contributed by atoms with Crippen molar-refractivity contribution in [3.05, 3.63) is 59.1 Å². The predicted octanol–water partition coefficient (Wildman–Crippen LogP) is 3.32. The number of hydrazone groups is 1. The number of ether oxygens (including phenoxy) is 1. The first-order chi connectivity index (χ1) is 12.6. The number of hydrogen-bond acceptors (Lipinski definition) is 5. The Morgan fingerprint density at radius 3 is 2.81 bits per heavy atom. The van der Waals surface area contributed by atoms with Crippen molar-refractivity contribution in [1.82, 2.24) is 0 Å². The van der Waals surface area contributed by atoms with Gasteiger partial charge in [0, 0.05) is 22.7 Å². The molecule has 2 aromatic carbocycles. The Hall–Kier alpha value is -2.86. The van der Waals surface area contributed by atoms with Gasteiger partial charge in [0.1, 0.15) is 5.71 Å². The minimum Gasteiger partial charge on any atom is -0.461 e. The molecular formula is C19H16ClN3O3. The molecule has 6 nitrogen and oxygen atoms in total. The van der Waals surface area contributed by atoms with Crippen LogP contribution in [-0.2, 0) is 19.9 Å². The highest BCUT2D eigenvalue weighted by Crippen LogP contribution is 2.48. The molecule has 0 fully saturated rings. The molecule has 0 saturated heterocycles. The zero-order valence-electron chi connectivity index (χ0n) is 14.0. The molecule has 0 unspecified atom stereocenters. The van der Waals surface area contributed by atoms with Gasteiger partial charge in [-0.25, -0.2) is 9.80 Å². The van der Waals surface area contributed by atoms with Crippen molar-refractivity contribution in [3.63, 3.8) is 0 Å². The largest absolute Gasteiger partial charge is 0.461 e. The van der Waals surface area contributed by atoms with Gasteiger partial charge in [0.15, 0.2) is 5.54 Å². The molecule has 1 spiro atoms. The molecular weight excluding hydrogens is 354 g/mol. The lowest BCUT2D eigenvalue weighted by molar-refractivity contribution is -0.135. The van der Waals surface area contributed by atoms with Crippen LogP contribution in [0.2, 0.25) is 5.02 Å². The number of para-hydroxylation sites is 1. The summed E-state index contributed by atoms with van der Waals surface area (Å²) in [6, 6.07) is 14.5. The first-order valence-electron chi connectivity index (χ1n) is 8.27. The Labute approximate surface area is 155 Å². The molecule has 132 valence electrons. The van der Waals surface area contributed by atoms with Gasteiger partial charge in [0.05, 0.1) is 12.3 Å². The summed E-state index contributed by atoms with van der Waals surface area (Å²) in [7, 11) is 0. The van der Waals surface area contributed by atoms with E-state index >= 15 is 0 Å². The third kappa shape index (κ3) is 2.37. The second kappa shape index (κ2) is 6.14. The summed E-state index contributed by atoms with van der Waals surface area (Å²) < 4.78 is 5.11. The van der Waals surface area contributed by atoms with Crippen LogP contribution in [0.1, 0.15) is 18.9 Å². The number of amides is 1. The number of anilines is 2. The van der Waals surface area contributed by atoms with Crippen molar-refractivity contribution in [2.24, 2.45) is 5.10 Å². The Kier molecular flexibility index (Phi) is 3.92. The van der Waals surface area contributed by atoms with Crippen LogP contribution in [0.3, 0.4) is 0 Å². The van der Waals surface area contributed by atoms with Crippen molar-refractivity contribution in [2.45, 2.75) is 18.9 Å². The normalized spacial score (nSPS) is 20.8. The SMILES string of the molecule is CCOC(=O)C1=NN(c2ccccc2)[C@@]2(C1)C(=O)Nc1cc(Cl)ccc12. The van der Waals surface area contributed by atoms with Gasteiger partial charge in [-0.15, -0.1) is 0 Å². The molecule has 26 heavy (non-hydrogen) atoms. The van der Waals surface area contributed by atoms with Crippen LogP contribution in [0, 0.1) is 0 Å². The second-order valence-corrected chi connectivity index (χ2v) is 6.53. The van der Waals surface area contributed by atoms with E-state index in [1.165, 1.54) is 0 Å². The summed E-state index contributed by atoms with van der Waals surface area (Å²) in [6.07, 6.45) is 0.126. The van der Waals surface area contributed by atoms with Crippen LogP contribution in [0.15, 0.2) is 53.6 Å². The van der Waals surface area contributed by atoms with E-state index in [1.54, 1.807) is 30.1 Å². The fraction of sp³-hybridized carbons (Fsp3) is 0.211. The summed E-state index contributed by atoms with van der Waals surface area (Å²) in [5.74, 6) is -0.762. The number of esters is 1. The Balaban J connectivity index is 1.87. The first kappa shape index (κ1) is 16.6. The van der Waals surface area contributed by atoms with E-state index in [1.807, 2.05) is 30.3 Å². The number of nitrogens with zero attached hydrogens (tertiary/aromatic N) is 2. The molecule has 0 bridgehead atoms. The molecule has 0 saturated carbocycles. The van der Waals surface area contributed by atoms with E-state index in [-0.39, 0.29) is 24.6 Å². The van der Waals surface area contributed by atoms with Crippen LogP contribution in [0.25, 0.3) is 0 Å². The third-order valence-electron chi connectivity index (χ3n) is 4.57. The highest BCUT2D eigenvalue weighted by molar-refractivity contribution is 6.39. The average Bonchev–Trinajstić information content (AvgIpc) is 3.16. The number of hydrogen-bond donors (Lipinski definition) is 1. The molecule has 0 aliphatic carbocycles. The average molecular weight is 370 g/mol. The van der Waals surface area contributed by atoms with Gasteiger partial charge >= 0.3 is 5.97 Å². The van der Waals surface area contributed by atoms with Gasteiger partial charge in [-0.1, -0.05) is 35.9 Å². The van der Waals surface area contributed by atoms with Gasteiger partial charge in [-0.3, -0.25) is 4.79 Å². The molecule has 2 aromatic rings. The predicted molar refractivity (Wildman–Crippen MR) is 99.4 cm³/mol. The lowest BCUT2D eigenvalue weighted by Crippen LogP contribution is -2.46. The van der Waals surface area contributed by atoms with Crippen molar-refractivity contribution >= 4 is 40.6 Å². The highest BCUT2D eigenvalue weighted by Gasteiger charge is 2.57. The maximum absolute atomic E-state index is 13.1. The lowest BCUT2D eigenvalue weighted by Gasteiger charge is -2.32. The summed E-state index contributed by atoms with van der Waals surface area (Å²) >= 11 is 6.07. The Morgan fingerprint density at radius 2 is 2.08 bits per heavy atom. The van der Waals surface area contributed by atoms with Gasteiger partial charge in [0.25, 0.3) is 5.91 Å². The zero-order valence-corrected chi connectivity index (χ0v) is 14.8. The van der Waals surface area contributed by atoms with E-state index in [2.05, 4.69) is 10.4 Å². The smallest absolute Gasteiger partial charge is 0.354 e. The maximum Gasteiger partial charge on any atom is 0.354 e. The molecule has 0 aromatic heterocycles. The number of carbonyl (C=O) groups excluding carboxylic acids is 2. The summed E-state index contributed by atoms with van der Waals surface area (Å²) in [5.41, 5.74) is 1.16. The quantitative estimate of drug-likeness (QED) is 0.842. The molecule has 2 aliphatic rings. The highest BCUT2D eigenvalue weighted by atomic mass is 35.5. The molecule has 4 rings (SSSR count). The number of carbonyl (C=O) groups is 2. The monoisotopic (exact) mass is 369 g/mol. The minimum atomic E-state index is -1.14. The van der Waals surface area contributed by atoms with E-state index in [9.17, 15) is 9.59 Å². The van der Waals surface area contributed by atoms with Crippen LogP contribution < -0.4 is 10.3 Å². The molecule has 1 atom stereocenters. The molecule has 7 heteroatoms. The standard InChI is InChI=1S/C19H16ClN3O3/c1-2-26-17(24)16-11-19(23(22-16)13-6-4-3-5-7-13)14-9-8-12(20)10-15(14)21-18(19)25/h3-10H,2,11H2,1H3,(H,21,25)/t19-/m1/s1. The zero-order chi connectivity index (χ0) is 18.3. The van der Waals surface area contributed by atoms with E-state index in [4.69, 9.17) is 16.3 Å². The number of nitrogens with one attached hydrogen (secondary N) is 1. The Bertz CT molecular complexity index is 929. The van der Waals surface area contributed by atoms with Crippen LogP contribution in [-0.4, -0.2) is 24.2 Å². The number of halogens is 1. The summed E-state index contributed by atoms with van der Waals surface area (Å²) in [5, 5.41) is 9.47. The van der Waals surface area contributed by atoms with Crippen molar-refractivity contribution in [2.75, 3.05) is 16.9 Å². The molecule has 1 N–H and O–H groups in total. The van der Waals surface area contributed by atoms with E-state index in [0.717, 1.165) is 5.56 Å². The third-order valence-corrected chi connectivity index (χ3v) is 4.80. The molecule has 1 amide bonds. The molecule has 2 aliphatic heterocycles. The number of fused-ring (bicyclic) bond motifs is 2. The Morgan fingerprint density at radius 1 is 1.31 bits per heavy atom. The fourth-order valence-corrected chi connectivity index (χ4v) is 3.62. The van der Waals surface area contributed by atoms with Gasteiger partial charge in [-0.2, -0.15) is 5.10 Å². The van der Waals surface area contributed by atoms with Crippen molar-refractivity contribution in [3.8, 4) is 0 Å². The van der Waals surface area contributed by atoms with Crippen LogP contribution >= 0.6 is 11.6 Å². The lowest BCUT2D eigenvalue weighted by atomic mass is 9.86. The van der Waals surface area contributed by atoms with Crippen LogP contribution in [0.5, 0.6) is 0 Å². The topological polar surface area (TPSA) is 71.0 Å². The van der Waals surface area contributed by atoms with Crippen molar-refractivity contribution < 1.29 is 14.3 Å². The van der Waals surface area contributed by atoms with Crippen LogP contribution in [0.4, 0.5) is 11.4 Å². The minimum absolute atomic E-state index is 0.126. The van der Waals surface area contributed by atoms with Crippen molar-refractivity contribution in [1.29, 1.82) is 0 Å². The first-order valence-corrected chi connectivity index (χ1v) is 8.65. The van der Waals surface area contributed by atoms with E-state index < -0.39 is 11.5 Å². The maximum atomic E-state index is 13.1. The second-order valence-electron chi connectivity index (χ2n) is 6.10. The van der Waals surface area contributed by atoms with Gasteiger partial charge in [-0.05, 0) is 31.2 Å². The fourth-order valence-electron chi connectivity index (χ4n) is 3.45. The summed E-state index contributed by atoms with van der Waals surface area (Å²) in [6.45, 7) is 1.98. The summed E-state index contributed by atoms with van der Waals surface area (Å²) in [4.78, 5) is 25.4. The van der Waals surface area contributed by atoms with Gasteiger partial charge < -0.3 is 10.1 Å². The number of benzene rings is 2. The van der Waals surface area contributed by atoms with E-state index in [0.29, 0.717) is 16.4 Å². The number of rotatable bonds is 3. The molecule has 0 radical (unpaired) electrons. The van der Waals surface area contributed by atoms with Gasteiger partial charge in [0.2, 0.25) is 0 Å². The molecule has 2 heterocycles.